The number of nitrogens with zero attached hydrogens (tertiary/aromatic N) is 3. The van der Waals surface area contributed by atoms with Crippen molar-refractivity contribution >= 4 is 64.4 Å². The van der Waals surface area contributed by atoms with Gasteiger partial charge < -0.3 is 14.6 Å². The third-order valence-electron chi connectivity index (χ3n) is 11.6. The number of pyridine rings is 1. The number of aromatic hydroxyl groups is 1. The fourth-order valence-corrected chi connectivity index (χ4v) is 9.41. The Morgan fingerprint density at radius 1 is 0.914 bits per heavy atom. The first-order valence-corrected chi connectivity index (χ1v) is 18.9. The molecule has 0 bridgehead atoms. The number of allylic oxidation sites excluding steroid dienone is 3. The average molecular weight is 834 g/mol. The number of para-hydroxylation sites is 1. The smallest absolute Gasteiger partial charge is 0.417 e. The van der Waals surface area contributed by atoms with E-state index < -0.39 is 69.5 Å². The Bertz CT molecular complexity index is 2400. The molecule has 4 amide bonds. The van der Waals surface area contributed by atoms with Gasteiger partial charge in [0, 0.05) is 17.1 Å². The molecule has 2 aliphatic heterocycles. The number of fused-ring (bicyclic) bond motifs is 4. The van der Waals surface area contributed by atoms with Gasteiger partial charge in [-0.15, -0.1) is 0 Å². The quantitative estimate of drug-likeness (QED) is 0.134. The maximum atomic E-state index is 15.3. The lowest BCUT2D eigenvalue weighted by Crippen LogP contribution is -2.54. The number of anilines is 2. The van der Waals surface area contributed by atoms with Gasteiger partial charge in [-0.2, -0.15) is 18.2 Å². The van der Waals surface area contributed by atoms with Crippen LogP contribution in [0.2, 0.25) is 10.0 Å². The van der Waals surface area contributed by atoms with Gasteiger partial charge in [0.05, 0.1) is 53.7 Å². The van der Waals surface area contributed by atoms with Crippen molar-refractivity contribution in [3.05, 3.63) is 123 Å². The molecule has 298 valence electrons. The van der Waals surface area contributed by atoms with Crippen LogP contribution >= 0.6 is 23.2 Å². The summed E-state index contributed by atoms with van der Waals surface area (Å²) in [4.78, 5) is 63.6. The molecular formula is C42H33Cl2F3N4O7. The number of ether oxygens (including phenoxy) is 2. The standard InChI is InChI=1S/C42H33Cl2F3N4O7/c1-57-32-16-21(17-33(58-2)35(32)52)8-15-29-26-13-14-27-34(39(55)50(37(27)53)25-6-4-3-5-7-25)28(26)19-30-38(54)51(40(56)41(29,30)22-9-11-24(43)12-10-22)49-36-31(44)18-23(20-48-36)42(45,46)47/h3-13,15-18,20,27-30,34,52H,14,19H2,1-2H3,(H,48,49). The second-order valence-electron chi connectivity index (χ2n) is 14.4. The summed E-state index contributed by atoms with van der Waals surface area (Å²) in [5.74, 6) is -7.18. The van der Waals surface area contributed by atoms with E-state index in [-0.39, 0.29) is 41.8 Å². The first-order chi connectivity index (χ1) is 27.7. The number of hydrogen-bond acceptors (Lipinski definition) is 9. The zero-order valence-corrected chi connectivity index (χ0v) is 32.2. The van der Waals surface area contributed by atoms with Crippen LogP contribution in [0.3, 0.4) is 0 Å². The van der Waals surface area contributed by atoms with E-state index in [0.29, 0.717) is 39.7 Å². The number of hydrazine groups is 1. The van der Waals surface area contributed by atoms with Crippen LogP contribution in [0.4, 0.5) is 24.7 Å². The van der Waals surface area contributed by atoms with Crippen molar-refractivity contribution in [1.29, 1.82) is 0 Å². The fourth-order valence-electron chi connectivity index (χ4n) is 9.08. The lowest BCUT2D eigenvalue weighted by molar-refractivity contribution is -0.139. The Hall–Kier alpha value is -5.86. The number of aromatic nitrogens is 1. The predicted molar refractivity (Wildman–Crippen MR) is 207 cm³/mol. The topological polar surface area (TPSA) is 138 Å². The Balaban J connectivity index is 1.31. The van der Waals surface area contributed by atoms with Crippen molar-refractivity contribution in [2.75, 3.05) is 24.5 Å². The second-order valence-corrected chi connectivity index (χ2v) is 15.3. The lowest BCUT2D eigenvalue weighted by atomic mass is 9.50. The van der Waals surface area contributed by atoms with Crippen LogP contribution in [0.15, 0.2) is 96.7 Å². The number of phenolic OH excluding ortho intramolecular Hbond substituents is 1. The molecule has 1 aromatic heterocycles. The van der Waals surface area contributed by atoms with Gasteiger partial charge in [0.15, 0.2) is 17.3 Å². The number of benzene rings is 3. The molecular weight excluding hydrogens is 800 g/mol. The minimum absolute atomic E-state index is 0.0423. The van der Waals surface area contributed by atoms with Gasteiger partial charge in [0.2, 0.25) is 17.6 Å². The monoisotopic (exact) mass is 832 g/mol. The highest BCUT2D eigenvalue weighted by Crippen LogP contribution is 2.62. The zero-order valence-electron chi connectivity index (χ0n) is 30.7. The molecule has 0 spiro atoms. The van der Waals surface area contributed by atoms with E-state index in [1.54, 1.807) is 78.9 Å². The summed E-state index contributed by atoms with van der Waals surface area (Å²) >= 11 is 12.6. The molecule has 3 heterocycles. The van der Waals surface area contributed by atoms with Gasteiger partial charge in [0.1, 0.15) is 0 Å². The number of phenols is 1. The van der Waals surface area contributed by atoms with Crippen LogP contribution in [-0.2, 0) is 30.8 Å². The van der Waals surface area contributed by atoms with Crippen molar-refractivity contribution in [3.8, 4) is 17.2 Å². The molecule has 8 rings (SSSR count). The first kappa shape index (κ1) is 39.0. The molecule has 3 fully saturated rings. The molecule has 2 saturated heterocycles. The van der Waals surface area contributed by atoms with E-state index in [0.717, 1.165) is 5.01 Å². The summed E-state index contributed by atoms with van der Waals surface area (Å²) in [5, 5.41) is 11.2. The Morgan fingerprint density at radius 2 is 1.59 bits per heavy atom. The van der Waals surface area contributed by atoms with Gasteiger partial charge in [-0.1, -0.05) is 77.3 Å². The summed E-state index contributed by atoms with van der Waals surface area (Å²) in [6.07, 6.45) is 1.19. The van der Waals surface area contributed by atoms with Crippen LogP contribution in [0.25, 0.3) is 6.08 Å². The van der Waals surface area contributed by atoms with Crippen LogP contribution in [-0.4, -0.2) is 52.9 Å². The third-order valence-corrected chi connectivity index (χ3v) is 12.2. The number of imide groups is 2. The van der Waals surface area contributed by atoms with Crippen LogP contribution in [0.1, 0.15) is 29.5 Å². The van der Waals surface area contributed by atoms with Crippen LogP contribution in [0.5, 0.6) is 17.2 Å². The van der Waals surface area contributed by atoms with Gasteiger partial charge in [0.25, 0.3) is 11.8 Å². The second kappa shape index (κ2) is 14.5. The molecule has 58 heavy (non-hydrogen) atoms. The lowest BCUT2D eigenvalue weighted by Gasteiger charge is -2.49. The molecule has 11 nitrogen and oxygen atoms in total. The number of amides is 4. The van der Waals surface area contributed by atoms with Gasteiger partial charge in [-0.3, -0.25) is 29.5 Å². The zero-order chi connectivity index (χ0) is 41.3. The predicted octanol–water partition coefficient (Wildman–Crippen LogP) is 7.87. The maximum absolute atomic E-state index is 15.3. The molecule has 2 aliphatic carbocycles. The van der Waals surface area contributed by atoms with E-state index in [1.165, 1.54) is 19.1 Å². The van der Waals surface area contributed by atoms with E-state index in [2.05, 4.69) is 10.4 Å². The van der Waals surface area contributed by atoms with E-state index in [9.17, 15) is 32.7 Å². The van der Waals surface area contributed by atoms with Crippen molar-refractivity contribution in [2.24, 2.45) is 29.6 Å². The largest absolute Gasteiger partial charge is 0.502 e. The SMILES string of the molecule is COc1cc(C=CC2C3=CCC4C(=O)N(c5ccccc5)C(=O)C4C3CC3C(=O)N(Nc4ncc(C(F)(F)F)cc4Cl)C(=O)C23c2ccc(Cl)cc2)cc(OC)c1O. The summed E-state index contributed by atoms with van der Waals surface area (Å²) < 4.78 is 51.3. The first-order valence-electron chi connectivity index (χ1n) is 18.1. The Labute approximate surface area is 339 Å². The van der Waals surface area contributed by atoms with Crippen molar-refractivity contribution < 1.29 is 46.9 Å². The third kappa shape index (κ3) is 6.08. The van der Waals surface area contributed by atoms with E-state index >= 15 is 4.79 Å². The molecule has 4 aliphatic rings. The number of nitrogens with one attached hydrogen (secondary N) is 1. The van der Waals surface area contributed by atoms with Crippen molar-refractivity contribution in [1.82, 2.24) is 9.99 Å². The van der Waals surface area contributed by atoms with Gasteiger partial charge in [-0.25, -0.2) is 4.98 Å². The normalized spacial score (nSPS) is 25.4. The number of carbonyl (C=O) groups is 4. The molecule has 6 unspecified atom stereocenters. The summed E-state index contributed by atoms with van der Waals surface area (Å²) in [6, 6.07) is 18.7. The molecule has 4 aromatic rings. The highest BCUT2D eigenvalue weighted by molar-refractivity contribution is 6.33. The summed E-state index contributed by atoms with van der Waals surface area (Å²) in [6.45, 7) is 0. The van der Waals surface area contributed by atoms with Crippen LogP contribution < -0.4 is 19.8 Å². The average Bonchev–Trinajstić information content (AvgIpc) is 3.59. The molecule has 16 heteroatoms. The molecule has 3 aromatic carbocycles. The van der Waals surface area contributed by atoms with Crippen molar-refractivity contribution in [3.63, 3.8) is 0 Å². The molecule has 1 saturated carbocycles. The Kier molecular flexibility index (Phi) is 9.75. The minimum Gasteiger partial charge on any atom is -0.502 e. The van der Waals surface area contributed by atoms with E-state index in [1.807, 2.05) is 6.08 Å². The highest BCUT2D eigenvalue weighted by atomic mass is 35.5. The summed E-state index contributed by atoms with van der Waals surface area (Å²) in [7, 11) is 2.75. The summed E-state index contributed by atoms with van der Waals surface area (Å²) in [5.41, 5.74) is 1.70. The minimum atomic E-state index is -4.76. The molecule has 0 radical (unpaired) electrons. The highest BCUT2D eigenvalue weighted by Gasteiger charge is 2.69. The van der Waals surface area contributed by atoms with Gasteiger partial charge in [-0.05, 0) is 72.4 Å². The van der Waals surface area contributed by atoms with Crippen molar-refractivity contribution in [2.45, 2.75) is 24.4 Å². The molecule has 6 atom stereocenters. The fraction of sp³-hybridized carbons (Fsp3) is 0.262. The molecule has 2 N–H and O–H groups in total. The number of rotatable bonds is 8. The van der Waals surface area contributed by atoms with E-state index in [4.69, 9.17) is 32.7 Å². The maximum Gasteiger partial charge on any atom is 0.417 e. The Morgan fingerprint density at radius 3 is 2.21 bits per heavy atom. The number of carbonyl (C=O) groups excluding carboxylic acids is 4. The number of alkyl halides is 3. The van der Waals surface area contributed by atoms with Gasteiger partial charge >= 0.3 is 6.18 Å². The number of hydrogen-bond donors (Lipinski definition) is 2. The van der Waals surface area contributed by atoms with Crippen LogP contribution in [0, 0.1) is 29.6 Å². The number of methoxy groups -OCH3 is 2. The number of halogens is 5.